The number of hydrogen-bond donors (Lipinski definition) is 1. The minimum Gasteiger partial charge on any atom is -0.348 e. The van der Waals surface area contributed by atoms with Gasteiger partial charge in [-0.15, -0.1) is 0 Å². The van der Waals surface area contributed by atoms with Crippen LogP contribution in [-0.2, 0) is 11.3 Å². The Kier molecular flexibility index (Phi) is 5.16. The summed E-state index contributed by atoms with van der Waals surface area (Å²) in [6.45, 7) is 0.465. The van der Waals surface area contributed by atoms with Gasteiger partial charge in [-0.1, -0.05) is 29.3 Å². The van der Waals surface area contributed by atoms with Gasteiger partial charge in [0.05, 0.1) is 10.0 Å². The molecule has 3 nitrogen and oxygen atoms in total. The number of carbonyl (C=O) groups excluding carboxylic acids is 1. The van der Waals surface area contributed by atoms with Crippen LogP contribution in [0.4, 0.5) is 0 Å². The Hall–Kier alpha value is -1.84. The molecule has 20 heavy (non-hydrogen) atoms. The van der Waals surface area contributed by atoms with E-state index in [-0.39, 0.29) is 5.91 Å². The molecule has 0 radical (unpaired) electrons. The number of nitrogens with zero attached hydrogens (tertiary/aromatic N) is 1. The minimum absolute atomic E-state index is 0.173. The van der Waals surface area contributed by atoms with Crippen LogP contribution in [0.2, 0.25) is 10.0 Å². The molecule has 0 spiro atoms. The number of carbonyl (C=O) groups is 1. The maximum Gasteiger partial charge on any atom is 0.244 e. The lowest BCUT2D eigenvalue weighted by atomic mass is 10.2. The number of pyridine rings is 1. The summed E-state index contributed by atoms with van der Waals surface area (Å²) in [5.74, 6) is -0.173. The van der Waals surface area contributed by atoms with Gasteiger partial charge in [0.15, 0.2) is 0 Å². The highest BCUT2D eigenvalue weighted by Gasteiger charge is 1.99. The summed E-state index contributed by atoms with van der Waals surface area (Å²) in [4.78, 5) is 15.6. The van der Waals surface area contributed by atoms with Gasteiger partial charge in [0.25, 0.3) is 0 Å². The zero-order chi connectivity index (χ0) is 14.4. The number of rotatable bonds is 4. The predicted octanol–water partition coefficient (Wildman–Crippen LogP) is 3.72. The lowest BCUT2D eigenvalue weighted by molar-refractivity contribution is -0.116. The van der Waals surface area contributed by atoms with Crippen molar-refractivity contribution in [2.75, 3.05) is 0 Å². The standard InChI is InChI=1S/C15H12Cl2N2O/c16-13-3-1-11(9-14(13)17)2-4-15(20)19-10-12-5-7-18-8-6-12/h1-9H,10H2,(H,19,20). The normalized spacial score (nSPS) is 10.7. The van der Waals surface area contributed by atoms with E-state index in [1.165, 1.54) is 6.08 Å². The highest BCUT2D eigenvalue weighted by Crippen LogP contribution is 2.23. The van der Waals surface area contributed by atoms with Crippen molar-refractivity contribution in [1.29, 1.82) is 0 Å². The van der Waals surface area contributed by atoms with Crippen LogP contribution in [0.3, 0.4) is 0 Å². The summed E-state index contributed by atoms with van der Waals surface area (Å²) in [7, 11) is 0. The number of halogens is 2. The van der Waals surface area contributed by atoms with Crippen molar-refractivity contribution in [1.82, 2.24) is 10.3 Å². The zero-order valence-electron chi connectivity index (χ0n) is 10.5. The van der Waals surface area contributed by atoms with E-state index < -0.39 is 0 Å². The van der Waals surface area contributed by atoms with Gasteiger partial charge < -0.3 is 5.32 Å². The third-order valence-electron chi connectivity index (χ3n) is 2.59. The van der Waals surface area contributed by atoms with Crippen molar-refractivity contribution in [2.45, 2.75) is 6.54 Å². The maximum atomic E-state index is 11.7. The number of amides is 1. The summed E-state index contributed by atoms with van der Waals surface area (Å²) >= 11 is 11.7. The van der Waals surface area contributed by atoms with Gasteiger partial charge >= 0.3 is 0 Å². The van der Waals surface area contributed by atoms with Crippen molar-refractivity contribution in [3.63, 3.8) is 0 Å². The lowest BCUT2D eigenvalue weighted by Gasteiger charge is -2.02. The van der Waals surface area contributed by atoms with Crippen molar-refractivity contribution >= 4 is 35.2 Å². The van der Waals surface area contributed by atoms with Crippen LogP contribution in [0.1, 0.15) is 11.1 Å². The van der Waals surface area contributed by atoms with Gasteiger partial charge in [0.2, 0.25) is 5.91 Å². The van der Waals surface area contributed by atoms with E-state index in [9.17, 15) is 4.79 Å². The molecule has 0 aliphatic heterocycles. The Morgan fingerprint density at radius 2 is 1.90 bits per heavy atom. The molecular formula is C15H12Cl2N2O. The summed E-state index contributed by atoms with van der Waals surface area (Å²) in [5.41, 5.74) is 1.81. The first kappa shape index (κ1) is 14.6. The second kappa shape index (κ2) is 7.08. The first-order valence-corrected chi connectivity index (χ1v) is 6.70. The molecular weight excluding hydrogens is 295 g/mol. The number of aromatic nitrogens is 1. The molecule has 0 fully saturated rings. The van der Waals surface area contributed by atoms with Crippen LogP contribution in [-0.4, -0.2) is 10.9 Å². The number of benzene rings is 1. The molecule has 0 bridgehead atoms. The van der Waals surface area contributed by atoms with Crippen LogP contribution in [0, 0.1) is 0 Å². The molecule has 0 saturated heterocycles. The van der Waals surface area contributed by atoms with E-state index in [0.29, 0.717) is 16.6 Å². The lowest BCUT2D eigenvalue weighted by Crippen LogP contribution is -2.20. The van der Waals surface area contributed by atoms with E-state index in [1.54, 1.807) is 36.7 Å². The van der Waals surface area contributed by atoms with E-state index >= 15 is 0 Å². The maximum absolute atomic E-state index is 11.7. The first-order valence-electron chi connectivity index (χ1n) is 5.95. The zero-order valence-corrected chi connectivity index (χ0v) is 12.0. The molecule has 1 amide bonds. The van der Waals surface area contributed by atoms with E-state index in [1.807, 2.05) is 12.1 Å². The van der Waals surface area contributed by atoms with Crippen LogP contribution in [0.15, 0.2) is 48.8 Å². The molecule has 0 atom stereocenters. The first-order chi connectivity index (χ1) is 9.65. The fourth-order valence-electron chi connectivity index (χ4n) is 1.54. The van der Waals surface area contributed by atoms with Crippen LogP contribution >= 0.6 is 23.2 Å². The molecule has 1 aromatic carbocycles. The molecule has 2 aromatic rings. The Morgan fingerprint density at radius 1 is 1.15 bits per heavy atom. The third-order valence-corrected chi connectivity index (χ3v) is 3.33. The summed E-state index contributed by atoms with van der Waals surface area (Å²) < 4.78 is 0. The highest BCUT2D eigenvalue weighted by atomic mass is 35.5. The molecule has 0 aliphatic rings. The van der Waals surface area contributed by atoms with Crippen molar-refractivity contribution in [2.24, 2.45) is 0 Å². The monoisotopic (exact) mass is 306 g/mol. The van der Waals surface area contributed by atoms with Crippen LogP contribution < -0.4 is 5.32 Å². The largest absolute Gasteiger partial charge is 0.348 e. The molecule has 102 valence electrons. The fourth-order valence-corrected chi connectivity index (χ4v) is 1.84. The fraction of sp³-hybridized carbons (Fsp3) is 0.0667. The Labute approximate surface area is 127 Å². The molecule has 0 unspecified atom stereocenters. The average Bonchev–Trinajstić information content (AvgIpc) is 2.47. The molecule has 1 aromatic heterocycles. The SMILES string of the molecule is O=C(C=Cc1ccc(Cl)c(Cl)c1)NCc1ccncc1. The van der Waals surface area contributed by atoms with Crippen LogP contribution in [0.5, 0.6) is 0 Å². The Balaban J connectivity index is 1.90. The van der Waals surface area contributed by atoms with Gasteiger partial charge in [-0.25, -0.2) is 0 Å². The number of nitrogens with one attached hydrogen (secondary N) is 1. The van der Waals surface area contributed by atoms with Gasteiger partial charge in [-0.3, -0.25) is 9.78 Å². The molecule has 1 N–H and O–H groups in total. The Bertz CT molecular complexity index is 627. The van der Waals surface area contributed by atoms with Gasteiger partial charge in [-0.05, 0) is 41.5 Å². The second-order valence-corrected chi connectivity index (χ2v) is 4.89. The quantitative estimate of drug-likeness (QED) is 0.875. The molecule has 0 saturated carbocycles. The summed E-state index contributed by atoms with van der Waals surface area (Å²) in [5, 5.41) is 3.74. The van der Waals surface area contributed by atoms with E-state index in [2.05, 4.69) is 10.3 Å². The molecule has 2 rings (SSSR count). The predicted molar refractivity (Wildman–Crippen MR) is 81.6 cm³/mol. The van der Waals surface area contributed by atoms with Crippen molar-refractivity contribution < 1.29 is 4.79 Å². The van der Waals surface area contributed by atoms with E-state index in [0.717, 1.165) is 11.1 Å². The third kappa shape index (κ3) is 4.37. The van der Waals surface area contributed by atoms with Crippen LogP contribution in [0.25, 0.3) is 6.08 Å². The van der Waals surface area contributed by atoms with Gasteiger partial charge in [0, 0.05) is 25.0 Å². The topological polar surface area (TPSA) is 42.0 Å². The smallest absolute Gasteiger partial charge is 0.244 e. The second-order valence-electron chi connectivity index (χ2n) is 4.08. The Morgan fingerprint density at radius 3 is 2.60 bits per heavy atom. The molecule has 5 heteroatoms. The highest BCUT2D eigenvalue weighted by molar-refractivity contribution is 6.42. The van der Waals surface area contributed by atoms with Crippen molar-refractivity contribution in [3.05, 3.63) is 70.0 Å². The minimum atomic E-state index is -0.173. The summed E-state index contributed by atoms with van der Waals surface area (Å²) in [6, 6.07) is 8.89. The van der Waals surface area contributed by atoms with Crippen molar-refractivity contribution in [3.8, 4) is 0 Å². The summed E-state index contributed by atoms with van der Waals surface area (Å²) in [6.07, 6.45) is 6.52. The average molecular weight is 307 g/mol. The van der Waals surface area contributed by atoms with Gasteiger partial charge in [0.1, 0.15) is 0 Å². The van der Waals surface area contributed by atoms with E-state index in [4.69, 9.17) is 23.2 Å². The number of hydrogen-bond acceptors (Lipinski definition) is 2. The molecule has 0 aliphatic carbocycles. The van der Waals surface area contributed by atoms with Gasteiger partial charge in [-0.2, -0.15) is 0 Å². The molecule has 1 heterocycles.